The molecule has 1 aliphatic heterocycles. The number of anilines is 1. The molecule has 0 saturated heterocycles. The molecule has 0 bridgehead atoms. The fraction of sp³-hybridized carbons (Fsp3) is 0.350. The Kier molecular flexibility index (Phi) is 4.41. The number of carbonyl (C=O) groups excluding carboxylic acids is 1. The highest BCUT2D eigenvalue weighted by Crippen LogP contribution is 2.39. The maximum atomic E-state index is 13.3. The van der Waals surface area contributed by atoms with E-state index < -0.39 is 5.54 Å². The van der Waals surface area contributed by atoms with Crippen LogP contribution in [0.1, 0.15) is 31.2 Å². The van der Waals surface area contributed by atoms with E-state index in [1.165, 1.54) is 12.1 Å². The second-order valence-corrected chi connectivity index (χ2v) is 6.73. The van der Waals surface area contributed by atoms with Crippen molar-refractivity contribution in [2.45, 2.75) is 31.2 Å². The number of urea groups is 1. The summed E-state index contributed by atoms with van der Waals surface area (Å²) in [6.07, 6.45) is 3.74. The van der Waals surface area contributed by atoms with Crippen LogP contribution in [0.2, 0.25) is 0 Å². The number of fused-ring (bicyclic) bond motifs is 1. The van der Waals surface area contributed by atoms with Crippen LogP contribution in [-0.2, 0) is 5.54 Å². The summed E-state index contributed by atoms with van der Waals surface area (Å²) in [4.78, 5) is 12.6. The van der Waals surface area contributed by atoms with Gasteiger partial charge < -0.3 is 20.1 Å². The molecule has 26 heavy (non-hydrogen) atoms. The van der Waals surface area contributed by atoms with Crippen LogP contribution in [0.5, 0.6) is 11.5 Å². The number of halogens is 1. The van der Waals surface area contributed by atoms with Crippen molar-refractivity contribution >= 4 is 11.7 Å². The van der Waals surface area contributed by atoms with Crippen molar-refractivity contribution in [2.75, 3.05) is 18.5 Å². The summed E-state index contributed by atoms with van der Waals surface area (Å²) >= 11 is 0. The Morgan fingerprint density at radius 3 is 2.38 bits per heavy atom. The van der Waals surface area contributed by atoms with E-state index in [1.54, 1.807) is 30.3 Å². The molecule has 6 heteroatoms. The van der Waals surface area contributed by atoms with Gasteiger partial charge in [-0.3, -0.25) is 0 Å². The Balaban J connectivity index is 1.50. The van der Waals surface area contributed by atoms with Crippen LogP contribution in [0, 0.1) is 5.82 Å². The Hall–Kier alpha value is -2.76. The maximum Gasteiger partial charge on any atom is 0.319 e. The molecule has 2 aromatic rings. The van der Waals surface area contributed by atoms with Crippen molar-refractivity contribution in [1.82, 2.24) is 5.32 Å². The van der Waals surface area contributed by atoms with Crippen molar-refractivity contribution in [3.8, 4) is 11.5 Å². The summed E-state index contributed by atoms with van der Waals surface area (Å²) in [6, 6.07) is 11.4. The van der Waals surface area contributed by atoms with E-state index in [9.17, 15) is 9.18 Å². The van der Waals surface area contributed by atoms with Gasteiger partial charge in [0, 0.05) is 11.8 Å². The molecule has 1 aliphatic carbocycles. The van der Waals surface area contributed by atoms with Crippen LogP contribution in [0.15, 0.2) is 42.5 Å². The van der Waals surface area contributed by atoms with Gasteiger partial charge in [0.1, 0.15) is 19.0 Å². The third-order valence-electron chi connectivity index (χ3n) is 5.01. The molecule has 136 valence electrons. The van der Waals surface area contributed by atoms with E-state index in [4.69, 9.17) is 9.47 Å². The number of hydrogen-bond donors (Lipinski definition) is 2. The van der Waals surface area contributed by atoms with Gasteiger partial charge in [-0.05, 0) is 42.7 Å². The van der Waals surface area contributed by atoms with Gasteiger partial charge in [-0.25, -0.2) is 9.18 Å². The Morgan fingerprint density at radius 1 is 0.962 bits per heavy atom. The third-order valence-corrected chi connectivity index (χ3v) is 5.01. The molecule has 1 heterocycles. The molecule has 4 rings (SSSR count). The first-order valence-electron chi connectivity index (χ1n) is 8.90. The summed E-state index contributed by atoms with van der Waals surface area (Å²) in [7, 11) is 0. The molecule has 2 N–H and O–H groups in total. The van der Waals surface area contributed by atoms with Crippen LogP contribution < -0.4 is 20.1 Å². The average Bonchev–Trinajstić information content (AvgIpc) is 3.11. The molecular formula is C20H21FN2O3. The first kappa shape index (κ1) is 16.7. The lowest BCUT2D eigenvalue weighted by Gasteiger charge is -2.31. The Morgan fingerprint density at radius 2 is 1.65 bits per heavy atom. The smallest absolute Gasteiger partial charge is 0.319 e. The lowest BCUT2D eigenvalue weighted by Crippen LogP contribution is -2.45. The number of benzene rings is 2. The summed E-state index contributed by atoms with van der Waals surface area (Å²) in [5.74, 6) is 1.03. The summed E-state index contributed by atoms with van der Waals surface area (Å²) in [5.41, 5.74) is 1.12. The Labute approximate surface area is 151 Å². The van der Waals surface area contributed by atoms with Gasteiger partial charge in [-0.1, -0.05) is 25.0 Å². The average molecular weight is 356 g/mol. The predicted molar refractivity (Wildman–Crippen MR) is 96.1 cm³/mol. The predicted octanol–water partition coefficient (Wildman–Crippen LogP) is 4.19. The molecule has 0 spiro atoms. The van der Waals surface area contributed by atoms with Crippen molar-refractivity contribution < 1.29 is 18.7 Å². The van der Waals surface area contributed by atoms with Crippen LogP contribution >= 0.6 is 0 Å². The van der Waals surface area contributed by atoms with Gasteiger partial charge in [0.2, 0.25) is 0 Å². The highest BCUT2D eigenvalue weighted by Gasteiger charge is 2.37. The monoisotopic (exact) mass is 356 g/mol. The quantitative estimate of drug-likeness (QED) is 0.867. The first-order valence-corrected chi connectivity index (χ1v) is 8.90. The number of carbonyl (C=O) groups is 1. The summed E-state index contributed by atoms with van der Waals surface area (Å²) in [5, 5.41) is 5.98. The minimum atomic E-state index is -0.453. The van der Waals surface area contributed by atoms with Crippen LogP contribution in [0.25, 0.3) is 0 Å². The van der Waals surface area contributed by atoms with Gasteiger partial charge in [-0.15, -0.1) is 0 Å². The van der Waals surface area contributed by atoms with E-state index in [0.717, 1.165) is 31.2 Å². The zero-order valence-corrected chi connectivity index (χ0v) is 14.4. The molecule has 5 nitrogen and oxygen atoms in total. The van der Waals surface area contributed by atoms with E-state index >= 15 is 0 Å². The van der Waals surface area contributed by atoms with Crippen LogP contribution in [-0.4, -0.2) is 19.2 Å². The zero-order valence-electron chi connectivity index (χ0n) is 14.4. The SMILES string of the molecule is O=C(Nc1ccc2c(c1)OCCO2)NC1(c2ccc(F)cc2)CCCC1. The molecule has 0 atom stereocenters. The minimum Gasteiger partial charge on any atom is -0.486 e. The number of amides is 2. The lowest BCUT2D eigenvalue weighted by molar-refractivity contribution is 0.171. The number of rotatable bonds is 3. The van der Waals surface area contributed by atoms with E-state index in [1.807, 2.05) is 0 Å². The lowest BCUT2D eigenvalue weighted by atomic mass is 9.88. The molecule has 0 unspecified atom stereocenters. The normalized spacial score (nSPS) is 17.6. The molecule has 1 saturated carbocycles. The van der Waals surface area contributed by atoms with Crippen molar-refractivity contribution in [1.29, 1.82) is 0 Å². The van der Waals surface area contributed by atoms with E-state index in [-0.39, 0.29) is 11.8 Å². The van der Waals surface area contributed by atoms with E-state index in [2.05, 4.69) is 10.6 Å². The van der Waals surface area contributed by atoms with Crippen molar-refractivity contribution in [3.63, 3.8) is 0 Å². The molecule has 2 amide bonds. The van der Waals surface area contributed by atoms with Crippen LogP contribution in [0.3, 0.4) is 0 Å². The van der Waals surface area contributed by atoms with Crippen molar-refractivity contribution in [3.05, 3.63) is 53.8 Å². The molecule has 0 radical (unpaired) electrons. The number of ether oxygens (including phenoxy) is 2. The fourth-order valence-corrected chi connectivity index (χ4v) is 3.73. The first-order chi connectivity index (χ1) is 12.6. The highest BCUT2D eigenvalue weighted by atomic mass is 19.1. The van der Waals surface area contributed by atoms with Gasteiger partial charge in [0.15, 0.2) is 11.5 Å². The standard InChI is InChI=1S/C20H21FN2O3/c21-15-5-3-14(4-6-15)20(9-1-2-10-20)23-19(24)22-16-7-8-17-18(13-16)26-12-11-25-17/h3-8,13H,1-2,9-12H2,(H2,22,23,24). The topological polar surface area (TPSA) is 59.6 Å². The zero-order chi connectivity index (χ0) is 18.0. The second-order valence-electron chi connectivity index (χ2n) is 6.73. The van der Waals surface area contributed by atoms with Crippen LogP contribution in [0.4, 0.5) is 14.9 Å². The maximum absolute atomic E-state index is 13.3. The van der Waals surface area contributed by atoms with E-state index in [0.29, 0.717) is 30.4 Å². The van der Waals surface area contributed by atoms with Gasteiger partial charge in [-0.2, -0.15) is 0 Å². The molecular weight excluding hydrogens is 335 g/mol. The molecule has 2 aliphatic rings. The summed E-state index contributed by atoms with van der Waals surface area (Å²) in [6.45, 7) is 1.02. The number of nitrogens with one attached hydrogen (secondary N) is 2. The molecule has 0 aromatic heterocycles. The highest BCUT2D eigenvalue weighted by molar-refractivity contribution is 5.90. The van der Waals surface area contributed by atoms with Gasteiger partial charge in [0.25, 0.3) is 0 Å². The van der Waals surface area contributed by atoms with Crippen molar-refractivity contribution in [2.24, 2.45) is 0 Å². The summed E-state index contributed by atoms with van der Waals surface area (Å²) < 4.78 is 24.3. The second kappa shape index (κ2) is 6.86. The minimum absolute atomic E-state index is 0.275. The fourth-order valence-electron chi connectivity index (χ4n) is 3.73. The largest absolute Gasteiger partial charge is 0.486 e. The number of hydrogen-bond acceptors (Lipinski definition) is 3. The third kappa shape index (κ3) is 3.31. The Bertz CT molecular complexity index is 801. The molecule has 2 aromatic carbocycles. The van der Waals surface area contributed by atoms with Gasteiger partial charge >= 0.3 is 6.03 Å². The van der Waals surface area contributed by atoms with Gasteiger partial charge in [0.05, 0.1) is 5.54 Å². The molecule has 1 fully saturated rings.